The first-order valence-corrected chi connectivity index (χ1v) is 7.03. The van der Waals surface area contributed by atoms with E-state index >= 15 is 0 Å². The summed E-state index contributed by atoms with van der Waals surface area (Å²) in [6.07, 6.45) is 0.0781. The van der Waals surface area contributed by atoms with Gasteiger partial charge in [-0.1, -0.05) is 32.4 Å². The zero-order valence-electron chi connectivity index (χ0n) is 13.3. The molecule has 120 valence electrons. The van der Waals surface area contributed by atoms with Crippen LogP contribution in [0.2, 0.25) is 0 Å². The molecule has 0 aliphatic rings. The summed E-state index contributed by atoms with van der Waals surface area (Å²) in [6.45, 7) is 7.34. The van der Waals surface area contributed by atoms with Crippen LogP contribution in [0.15, 0.2) is 18.2 Å². The van der Waals surface area contributed by atoms with Crippen molar-refractivity contribution in [2.75, 3.05) is 11.9 Å². The first-order valence-electron chi connectivity index (χ1n) is 7.03. The van der Waals surface area contributed by atoms with Crippen molar-refractivity contribution in [3.05, 3.63) is 29.3 Å². The molecule has 0 atom stereocenters. The van der Waals surface area contributed by atoms with E-state index < -0.39 is 11.4 Å². The number of aryl methyl sites for hydroxylation is 1. The third kappa shape index (κ3) is 5.20. The molecular formula is C16H22N2O4. The Morgan fingerprint density at radius 3 is 2.36 bits per heavy atom. The van der Waals surface area contributed by atoms with Crippen molar-refractivity contribution in [3.8, 4) is 0 Å². The molecule has 0 heterocycles. The lowest BCUT2D eigenvalue weighted by molar-refractivity contribution is -0.128. The Labute approximate surface area is 129 Å². The molecule has 6 nitrogen and oxygen atoms in total. The first-order chi connectivity index (χ1) is 10.1. The molecule has 0 unspecified atom stereocenters. The Morgan fingerprint density at radius 1 is 1.18 bits per heavy atom. The van der Waals surface area contributed by atoms with Crippen molar-refractivity contribution >= 4 is 23.5 Å². The zero-order chi connectivity index (χ0) is 16.9. The molecular weight excluding hydrogens is 284 g/mol. The number of amides is 2. The normalized spacial score (nSPS) is 10.9. The van der Waals surface area contributed by atoms with Gasteiger partial charge in [-0.3, -0.25) is 9.59 Å². The maximum Gasteiger partial charge on any atom is 0.337 e. The topological polar surface area (TPSA) is 95.5 Å². The van der Waals surface area contributed by atoms with E-state index in [0.717, 1.165) is 5.56 Å². The molecule has 6 heteroatoms. The van der Waals surface area contributed by atoms with E-state index in [1.54, 1.807) is 39.8 Å². The highest BCUT2D eigenvalue weighted by Gasteiger charge is 2.20. The molecule has 0 aromatic heterocycles. The highest BCUT2D eigenvalue weighted by Crippen LogP contribution is 2.17. The number of hydrogen-bond donors (Lipinski definition) is 3. The summed E-state index contributed by atoms with van der Waals surface area (Å²) in [7, 11) is 0. The second kappa shape index (κ2) is 7.06. The lowest BCUT2D eigenvalue weighted by atomic mass is 9.96. The minimum Gasteiger partial charge on any atom is -0.478 e. The molecule has 0 radical (unpaired) electrons. The maximum absolute atomic E-state index is 11.8. The Hall–Kier alpha value is -2.37. The molecule has 0 bridgehead atoms. The van der Waals surface area contributed by atoms with E-state index in [0.29, 0.717) is 0 Å². The summed E-state index contributed by atoms with van der Waals surface area (Å²) < 4.78 is 0. The molecule has 1 aromatic carbocycles. The van der Waals surface area contributed by atoms with Crippen LogP contribution in [0.1, 0.15) is 43.1 Å². The van der Waals surface area contributed by atoms with Crippen LogP contribution < -0.4 is 10.6 Å². The fraction of sp³-hybridized carbons (Fsp3) is 0.438. The molecule has 2 amide bonds. The highest BCUT2D eigenvalue weighted by atomic mass is 16.4. The van der Waals surface area contributed by atoms with Gasteiger partial charge in [0.05, 0.1) is 11.3 Å². The summed E-state index contributed by atoms with van der Waals surface area (Å²) in [5, 5.41) is 14.4. The molecule has 0 aliphatic carbocycles. The fourth-order valence-electron chi connectivity index (χ4n) is 1.71. The predicted octanol–water partition coefficient (Wildman–Crippen LogP) is 2.18. The van der Waals surface area contributed by atoms with Gasteiger partial charge in [-0.15, -0.1) is 0 Å². The summed E-state index contributed by atoms with van der Waals surface area (Å²) >= 11 is 0. The molecule has 1 aromatic rings. The lowest BCUT2D eigenvalue weighted by Gasteiger charge is -2.17. The first kappa shape index (κ1) is 17.7. The van der Waals surface area contributed by atoms with Crippen LogP contribution in [-0.4, -0.2) is 29.4 Å². The van der Waals surface area contributed by atoms with Gasteiger partial charge in [0.15, 0.2) is 0 Å². The molecule has 0 spiro atoms. The number of carbonyl (C=O) groups is 3. The Morgan fingerprint density at radius 2 is 1.82 bits per heavy atom. The van der Waals surface area contributed by atoms with E-state index in [1.165, 1.54) is 6.07 Å². The Kier molecular flexibility index (Phi) is 5.68. The van der Waals surface area contributed by atoms with Crippen LogP contribution in [0.25, 0.3) is 0 Å². The van der Waals surface area contributed by atoms with Crippen molar-refractivity contribution in [1.29, 1.82) is 0 Å². The molecule has 3 N–H and O–H groups in total. The average Bonchev–Trinajstić information content (AvgIpc) is 2.39. The van der Waals surface area contributed by atoms with Gasteiger partial charge in [-0.05, 0) is 19.1 Å². The van der Waals surface area contributed by atoms with Crippen LogP contribution in [-0.2, 0) is 9.59 Å². The fourth-order valence-corrected chi connectivity index (χ4v) is 1.71. The minimum atomic E-state index is -1.10. The van der Waals surface area contributed by atoms with Gasteiger partial charge in [-0.2, -0.15) is 0 Å². The van der Waals surface area contributed by atoms with E-state index in [-0.39, 0.29) is 36.0 Å². The number of rotatable bonds is 5. The smallest absolute Gasteiger partial charge is 0.337 e. The number of carboxylic acids is 1. The van der Waals surface area contributed by atoms with Gasteiger partial charge in [0.1, 0.15) is 0 Å². The van der Waals surface area contributed by atoms with Gasteiger partial charge in [0.2, 0.25) is 11.8 Å². The number of nitrogens with one attached hydrogen (secondary N) is 2. The maximum atomic E-state index is 11.8. The van der Waals surface area contributed by atoms with Crippen molar-refractivity contribution < 1.29 is 19.5 Å². The van der Waals surface area contributed by atoms with Crippen LogP contribution in [0.4, 0.5) is 5.69 Å². The molecule has 1 rings (SSSR count). The number of anilines is 1. The predicted molar refractivity (Wildman–Crippen MR) is 83.8 cm³/mol. The molecule has 0 aliphatic heterocycles. The SMILES string of the molecule is Cc1ccc(NC(=O)CCNC(=O)C(C)(C)C)c(C(=O)O)c1. The van der Waals surface area contributed by atoms with Crippen molar-refractivity contribution in [2.45, 2.75) is 34.1 Å². The van der Waals surface area contributed by atoms with Gasteiger partial charge < -0.3 is 15.7 Å². The molecule has 22 heavy (non-hydrogen) atoms. The number of carboxylic acid groups (broad SMARTS) is 1. The van der Waals surface area contributed by atoms with Gasteiger partial charge in [0.25, 0.3) is 0 Å². The van der Waals surface area contributed by atoms with Crippen molar-refractivity contribution in [2.24, 2.45) is 5.41 Å². The van der Waals surface area contributed by atoms with Crippen LogP contribution in [0.5, 0.6) is 0 Å². The number of aromatic carboxylic acids is 1. The third-order valence-corrected chi connectivity index (χ3v) is 3.00. The standard InChI is InChI=1S/C16H22N2O4/c1-10-5-6-12(11(9-10)14(20)21)18-13(19)7-8-17-15(22)16(2,3)4/h5-6,9H,7-8H2,1-4H3,(H,17,22)(H,18,19)(H,20,21). The van der Waals surface area contributed by atoms with E-state index in [1.807, 2.05) is 0 Å². The van der Waals surface area contributed by atoms with Gasteiger partial charge in [-0.25, -0.2) is 4.79 Å². The summed E-state index contributed by atoms with van der Waals surface area (Å²) in [4.78, 5) is 34.7. The summed E-state index contributed by atoms with van der Waals surface area (Å²) in [6, 6.07) is 4.78. The number of benzene rings is 1. The number of hydrogen-bond acceptors (Lipinski definition) is 3. The van der Waals surface area contributed by atoms with Crippen LogP contribution in [0, 0.1) is 12.3 Å². The number of carbonyl (C=O) groups excluding carboxylic acids is 2. The molecule has 0 fully saturated rings. The van der Waals surface area contributed by atoms with Crippen LogP contribution in [0.3, 0.4) is 0 Å². The van der Waals surface area contributed by atoms with E-state index in [4.69, 9.17) is 5.11 Å². The average molecular weight is 306 g/mol. The quantitative estimate of drug-likeness (QED) is 0.777. The monoisotopic (exact) mass is 306 g/mol. The molecule has 0 saturated carbocycles. The summed E-state index contributed by atoms with van der Waals surface area (Å²) in [5.74, 6) is -1.58. The van der Waals surface area contributed by atoms with E-state index in [2.05, 4.69) is 10.6 Å². The Bertz CT molecular complexity index is 588. The van der Waals surface area contributed by atoms with Crippen LogP contribution >= 0.6 is 0 Å². The second-order valence-electron chi connectivity index (χ2n) is 6.16. The largest absolute Gasteiger partial charge is 0.478 e. The second-order valence-corrected chi connectivity index (χ2v) is 6.16. The highest BCUT2D eigenvalue weighted by molar-refractivity contribution is 6.00. The van der Waals surface area contributed by atoms with Gasteiger partial charge >= 0.3 is 5.97 Å². The Balaban J connectivity index is 2.60. The van der Waals surface area contributed by atoms with Crippen molar-refractivity contribution in [1.82, 2.24) is 5.32 Å². The summed E-state index contributed by atoms with van der Waals surface area (Å²) in [5.41, 5.74) is 0.592. The van der Waals surface area contributed by atoms with Gasteiger partial charge in [0, 0.05) is 18.4 Å². The molecule has 0 saturated heterocycles. The lowest BCUT2D eigenvalue weighted by Crippen LogP contribution is -2.36. The zero-order valence-corrected chi connectivity index (χ0v) is 13.3. The minimum absolute atomic E-state index is 0.0482. The van der Waals surface area contributed by atoms with E-state index in [9.17, 15) is 14.4 Å². The third-order valence-electron chi connectivity index (χ3n) is 3.00. The van der Waals surface area contributed by atoms with Crippen molar-refractivity contribution in [3.63, 3.8) is 0 Å².